The standard InChI is InChI=1S/C16H24N2O2/c1-16(11-8-9-11)15(20)18(12-4-2-3-5-12)13(10-6-7-10)14(19)17-16/h10-13H,2-9H2,1H3,(H,17,19). The average Bonchev–Trinajstić information content (AvgIpc) is 3.33. The molecule has 0 aromatic carbocycles. The van der Waals surface area contributed by atoms with E-state index < -0.39 is 5.54 Å². The molecule has 1 heterocycles. The zero-order valence-electron chi connectivity index (χ0n) is 12.2. The number of carbonyl (C=O) groups is 2. The Morgan fingerprint density at radius 1 is 1.05 bits per heavy atom. The molecule has 4 heteroatoms. The molecule has 1 N–H and O–H groups in total. The molecule has 4 fully saturated rings. The molecule has 1 saturated heterocycles. The zero-order chi connectivity index (χ0) is 13.9. The van der Waals surface area contributed by atoms with Gasteiger partial charge in [0, 0.05) is 6.04 Å². The minimum Gasteiger partial charge on any atom is -0.340 e. The molecule has 0 aromatic heterocycles. The van der Waals surface area contributed by atoms with Crippen LogP contribution in [0.5, 0.6) is 0 Å². The number of piperazine rings is 1. The molecule has 2 amide bonds. The number of amides is 2. The summed E-state index contributed by atoms with van der Waals surface area (Å²) in [5.41, 5.74) is -0.620. The van der Waals surface area contributed by atoms with E-state index >= 15 is 0 Å². The van der Waals surface area contributed by atoms with Crippen LogP contribution in [-0.4, -0.2) is 34.3 Å². The van der Waals surface area contributed by atoms with E-state index in [-0.39, 0.29) is 17.9 Å². The van der Waals surface area contributed by atoms with Crippen molar-refractivity contribution in [3.8, 4) is 0 Å². The van der Waals surface area contributed by atoms with Crippen molar-refractivity contribution in [1.82, 2.24) is 10.2 Å². The number of carbonyl (C=O) groups excluding carboxylic acids is 2. The van der Waals surface area contributed by atoms with Crippen molar-refractivity contribution in [2.45, 2.75) is 75.9 Å². The number of hydrogen-bond donors (Lipinski definition) is 1. The Bertz CT molecular complexity index is 449. The molecule has 2 atom stereocenters. The van der Waals surface area contributed by atoms with Crippen LogP contribution >= 0.6 is 0 Å². The molecule has 0 radical (unpaired) electrons. The van der Waals surface area contributed by atoms with E-state index in [1.807, 2.05) is 11.8 Å². The average molecular weight is 276 g/mol. The van der Waals surface area contributed by atoms with Crippen LogP contribution in [0, 0.1) is 11.8 Å². The normalized spacial score (nSPS) is 39.2. The molecule has 4 rings (SSSR count). The Balaban J connectivity index is 1.68. The molecule has 0 bridgehead atoms. The topological polar surface area (TPSA) is 49.4 Å². The number of nitrogens with one attached hydrogen (secondary N) is 1. The second-order valence-corrected chi connectivity index (χ2v) is 7.40. The summed E-state index contributed by atoms with van der Waals surface area (Å²) in [7, 11) is 0. The molecule has 4 nitrogen and oxygen atoms in total. The van der Waals surface area contributed by atoms with Gasteiger partial charge in [-0.15, -0.1) is 0 Å². The van der Waals surface area contributed by atoms with Gasteiger partial charge in [-0.25, -0.2) is 0 Å². The summed E-state index contributed by atoms with van der Waals surface area (Å²) < 4.78 is 0. The van der Waals surface area contributed by atoms with Gasteiger partial charge in [0.1, 0.15) is 11.6 Å². The summed E-state index contributed by atoms with van der Waals surface area (Å²) in [4.78, 5) is 27.8. The third-order valence-corrected chi connectivity index (χ3v) is 5.81. The van der Waals surface area contributed by atoms with Crippen molar-refractivity contribution in [2.24, 2.45) is 11.8 Å². The minimum atomic E-state index is -0.620. The second-order valence-electron chi connectivity index (χ2n) is 7.40. The molecule has 3 aliphatic carbocycles. The van der Waals surface area contributed by atoms with Crippen LogP contribution in [-0.2, 0) is 9.59 Å². The Kier molecular flexibility index (Phi) is 2.67. The van der Waals surface area contributed by atoms with Crippen LogP contribution in [0.3, 0.4) is 0 Å². The fraction of sp³-hybridized carbons (Fsp3) is 0.875. The molecule has 3 saturated carbocycles. The van der Waals surface area contributed by atoms with Gasteiger partial charge in [0.25, 0.3) is 0 Å². The summed E-state index contributed by atoms with van der Waals surface area (Å²) in [5, 5.41) is 3.10. The summed E-state index contributed by atoms with van der Waals surface area (Å²) in [6.45, 7) is 1.95. The largest absolute Gasteiger partial charge is 0.340 e. The maximum atomic E-state index is 13.1. The van der Waals surface area contributed by atoms with E-state index in [2.05, 4.69) is 5.32 Å². The fourth-order valence-electron chi connectivity index (χ4n) is 4.27. The number of rotatable bonds is 3. The summed E-state index contributed by atoms with van der Waals surface area (Å²) in [6.07, 6.45) is 8.95. The summed E-state index contributed by atoms with van der Waals surface area (Å²) in [5.74, 6) is 1.11. The Hall–Kier alpha value is -1.06. The van der Waals surface area contributed by atoms with Crippen LogP contribution in [0.4, 0.5) is 0 Å². The first-order valence-electron chi connectivity index (χ1n) is 8.26. The third kappa shape index (κ3) is 1.80. The van der Waals surface area contributed by atoms with Crippen molar-refractivity contribution >= 4 is 11.8 Å². The first-order valence-corrected chi connectivity index (χ1v) is 8.26. The van der Waals surface area contributed by atoms with Crippen LogP contribution < -0.4 is 5.32 Å². The first kappa shape index (κ1) is 12.7. The monoisotopic (exact) mass is 276 g/mol. The van der Waals surface area contributed by atoms with Gasteiger partial charge < -0.3 is 10.2 Å². The van der Waals surface area contributed by atoms with Gasteiger partial charge >= 0.3 is 0 Å². The third-order valence-electron chi connectivity index (χ3n) is 5.81. The van der Waals surface area contributed by atoms with Crippen LogP contribution in [0.2, 0.25) is 0 Å². The fourth-order valence-corrected chi connectivity index (χ4v) is 4.27. The van der Waals surface area contributed by atoms with Crippen molar-refractivity contribution in [3.05, 3.63) is 0 Å². The lowest BCUT2D eigenvalue weighted by Gasteiger charge is -2.47. The van der Waals surface area contributed by atoms with Gasteiger partial charge in [-0.1, -0.05) is 12.8 Å². The number of hydrogen-bond acceptors (Lipinski definition) is 2. The lowest BCUT2D eigenvalue weighted by atomic mass is 9.87. The predicted molar refractivity (Wildman–Crippen MR) is 74.9 cm³/mol. The highest BCUT2D eigenvalue weighted by molar-refractivity contribution is 6.00. The summed E-state index contributed by atoms with van der Waals surface area (Å²) in [6, 6.07) is 0.148. The van der Waals surface area contributed by atoms with Crippen molar-refractivity contribution < 1.29 is 9.59 Å². The predicted octanol–water partition coefficient (Wildman–Crippen LogP) is 1.83. The molecule has 20 heavy (non-hydrogen) atoms. The quantitative estimate of drug-likeness (QED) is 0.855. The molecular formula is C16H24N2O2. The minimum absolute atomic E-state index is 0.119. The van der Waals surface area contributed by atoms with E-state index in [1.165, 1.54) is 12.8 Å². The van der Waals surface area contributed by atoms with Crippen LogP contribution in [0.1, 0.15) is 58.3 Å². The Morgan fingerprint density at radius 3 is 2.25 bits per heavy atom. The lowest BCUT2D eigenvalue weighted by Crippen LogP contribution is -2.72. The van der Waals surface area contributed by atoms with Crippen LogP contribution in [0.25, 0.3) is 0 Å². The van der Waals surface area contributed by atoms with Crippen molar-refractivity contribution in [1.29, 1.82) is 0 Å². The van der Waals surface area contributed by atoms with Gasteiger partial charge in [-0.3, -0.25) is 9.59 Å². The highest BCUT2D eigenvalue weighted by atomic mass is 16.2. The first-order chi connectivity index (χ1) is 9.61. The maximum Gasteiger partial charge on any atom is 0.249 e. The highest BCUT2D eigenvalue weighted by Crippen LogP contribution is 2.46. The zero-order valence-corrected chi connectivity index (χ0v) is 12.2. The van der Waals surface area contributed by atoms with Gasteiger partial charge in [0.05, 0.1) is 0 Å². The second kappa shape index (κ2) is 4.22. The Labute approximate surface area is 120 Å². The molecule has 4 aliphatic rings. The molecular weight excluding hydrogens is 252 g/mol. The van der Waals surface area contributed by atoms with E-state index in [1.54, 1.807) is 0 Å². The maximum absolute atomic E-state index is 13.1. The van der Waals surface area contributed by atoms with E-state index in [9.17, 15) is 9.59 Å². The Morgan fingerprint density at radius 2 is 1.70 bits per heavy atom. The van der Waals surface area contributed by atoms with Gasteiger partial charge in [-0.2, -0.15) is 0 Å². The highest BCUT2D eigenvalue weighted by Gasteiger charge is 2.59. The van der Waals surface area contributed by atoms with Gasteiger partial charge in [-0.05, 0) is 57.3 Å². The van der Waals surface area contributed by atoms with E-state index in [4.69, 9.17) is 0 Å². The molecule has 2 unspecified atom stereocenters. The molecule has 0 aromatic rings. The number of nitrogens with zero attached hydrogens (tertiary/aromatic N) is 1. The van der Waals surface area contributed by atoms with Crippen molar-refractivity contribution in [3.63, 3.8) is 0 Å². The van der Waals surface area contributed by atoms with Crippen molar-refractivity contribution in [2.75, 3.05) is 0 Å². The smallest absolute Gasteiger partial charge is 0.249 e. The van der Waals surface area contributed by atoms with Crippen LogP contribution in [0.15, 0.2) is 0 Å². The van der Waals surface area contributed by atoms with E-state index in [0.29, 0.717) is 17.9 Å². The SMILES string of the molecule is CC1(C2CC2)NC(=O)C(C2CC2)N(C2CCCC2)C1=O. The molecule has 110 valence electrons. The lowest BCUT2D eigenvalue weighted by molar-refractivity contribution is -0.159. The van der Waals surface area contributed by atoms with E-state index in [0.717, 1.165) is 38.5 Å². The van der Waals surface area contributed by atoms with Gasteiger partial charge in [0.15, 0.2) is 0 Å². The molecule has 0 spiro atoms. The van der Waals surface area contributed by atoms with Gasteiger partial charge in [0.2, 0.25) is 11.8 Å². The summed E-state index contributed by atoms with van der Waals surface area (Å²) >= 11 is 0. The molecule has 1 aliphatic heterocycles.